The van der Waals surface area contributed by atoms with Gasteiger partial charge in [-0.3, -0.25) is 4.99 Å². The third-order valence-corrected chi connectivity index (χ3v) is 6.40. The number of aromatic nitrogens is 1. The molecule has 1 aliphatic carbocycles. The summed E-state index contributed by atoms with van der Waals surface area (Å²) in [6.07, 6.45) is 6.63. The SMILES string of the molecule is CCNC(=NCC1(CC)CCCC1)N(C)Cc1csc(C(C)OC)n1.I. The second-order valence-corrected chi connectivity index (χ2v) is 8.03. The zero-order valence-corrected chi connectivity index (χ0v) is 20.0. The highest BCUT2D eigenvalue weighted by atomic mass is 127. The lowest BCUT2D eigenvalue weighted by molar-refractivity contribution is 0.119. The number of thiazole rings is 1. The van der Waals surface area contributed by atoms with E-state index >= 15 is 0 Å². The van der Waals surface area contributed by atoms with Crippen LogP contribution < -0.4 is 5.32 Å². The minimum absolute atomic E-state index is 0. The van der Waals surface area contributed by atoms with E-state index in [4.69, 9.17) is 14.7 Å². The topological polar surface area (TPSA) is 49.8 Å². The zero-order chi connectivity index (χ0) is 18.3. The highest BCUT2D eigenvalue weighted by molar-refractivity contribution is 14.0. The molecule has 1 unspecified atom stereocenters. The maximum absolute atomic E-state index is 5.36. The highest BCUT2D eigenvalue weighted by Crippen LogP contribution is 2.41. The number of halogens is 1. The van der Waals surface area contributed by atoms with Crippen molar-refractivity contribution in [1.29, 1.82) is 0 Å². The lowest BCUT2D eigenvalue weighted by atomic mass is 9.84. The van der Waals surface area contributed by atoms with Crippen molar-refractivity contribution in [2.24, 2.45) is 10.4 Å². The fourth-order valence-corrected chi connectivity index (χ4v) is 4.30. The van der Waals surface area contributed by atoms with Gasteiger partial charge in [0, 0.05) is 32.6 Å². The van der Waals surface area contributed by atoms with Gasteiger partial charge in [0.15, 0.2) is 5.96 Å². The van der Waals surface area contributed by atoms with Crippen molar-refractivity contribution in [1.82, 2.24) is 15.2 Å². The lowest BCUT2D eigenvalue weighted by Crippen LogP contribution is -2.39. The van der Waals surface area contributed by atoms with Gasteiger partial charge in [0.25, 0.3) is 0 Å². The molecule has 1 heterocycles. The molecule has 0 saturated heterocycles. The molecule has 1 fully saturated rings. The van der Waals surface area contributed by atoms with Crippen molar-refractivity contribution in [3.8, 4) is 0 Å². The Labute approximate surface area is 180 Å². The van der Waals surface area contributed by atoms with Gasteiger partial charge in [-0.1, -0.05) is 19.8 Å². The number of rotatable bonds is 8. The van der Waals surface area contributed by atoms with E-state index in [9.17, 15) is 0 Å². The van der Waals surface area contributed by atoms with Crippen LogP contribution in [0.2, 0.25) is 0 Å². The lowest BCUT2D eigenvalue weighted by Gasteiger charge is -2.27. The molecule has 2 rings (SSSR count). The molecular formula is C19H35IN4OS. The van der Waals surface area contributed by atoms with E-state index in [0.717, 1.165) is 36.3 Å². The van der Waals surface area contributed by atoms with E-state index in [1.54, 1.807) is 18.4 Å². The van der Waals surface area contributed by atoms with Crippen molar-refractivity contribution in [2.45, 2.75) is 65.5 Å². The number of aliphatic imine (C=N–C) groups is 1. The third kappa shape index (κ3) is 6.34. The number of methoxy groups -OCH3 is 1. The van der Waals surface area contributed by atoms with E-state index in [0.29, 0.717) is 5.41 Å². The molecule has 0 spiro atoms. The highest BCUT2D eigenvalue weighted by Gasteiger charge is 2.31. The zero-order valence-electron chi connectivity index (χ0n) is 16.9. The molecule has 0 amide bonds. The monoisotopic (exact) mass is 494 g/mol. The van der Waals surface area contributed by atoms with Crippen molar-refractivity contribution in [3.05, 3.63) is 16.1 Å². The summed E-state index contributed by atoms with van der Waals surface area (Å²) >= 11 is 1.66. The molecule has 0 aromatic carbocycles. The van der Waals surface area contributed by atoms with Gasteiger partial charge in [0.2, 0.25) is 0 Å². The van der Waals surface area contributed by atoms with Gasteiger partial charge < -0.3 is 15.0 Å². The van der Waals surface area contributed by atoms with Gasteiger partial charge in [0.1, 0.15) is 11.1 Å². The molecule has 7 heteroatoms. The number of ether oxygens (including phenoxy) is 1. The Hall–Kier alpha value is -0.410. The summed E-state index contributed by atoms with van der Waals surface area (Å²) < 4.78 is 5.36. The van der Waals surface area contributed by atoms with Crippen LogP contribution in [-0.2, 0) is 11.3 Å². The normalized spacial score (nSPS) is 17.7. The fraction of sp³-hybridized carbons (Fsp3) is 0.789. The van der Waals surface area contributed by atoms with Crippen LogP contribution in [0.3, 0.4) is 0 Å². The molecule has 1 aromatic rings. The van der Waals surface area contributed by atoms with Crippen molar-refractivity contribution < 1.29 is 4.74 Å². The molecule has 0 aliphatic heterocycles. The molecule has 1 atom stereocenters. The summed E-state index contributed by atoms with van der Waals surface area (Å²) in [5, 5.41) is 6.59. The minimum Gasteiger partial charge on any atom is -0.375 e. The maximum atomic E-state index is 5.36. The number of guanidine groups is 1. The van der Waals surface area contributed by atoms with Crippen molar-refractivity contribution in [3.63, 3.8) is 0 Å². The van der Waals surface area contributed by atoms with Crippen LogP contribution in [0.15, 0.2) is 10.4 Å². The van der Waals surface area contributed by atoms with E-state index in [1.165, 1.54) is 32.1 Å². The summed E-state index contributed by atoms with van der Waals surface area (Å²) in [4.78, 5) is 11.9. The predicted octanol–water partition coefficient (Wildman–Crippen LogP) is 4.84. The summed E-state index contributed by atoms with van der Waals surface area (Å²) in [7, 11) is 3.81. The van der Waals surface area contributed by atoms with Gasteiger partial charge in [-0.05, 0) is 38.5 Å². The minimum atomic E-state index is 0. The van der Waals surface area contributed by atoms with Crippen LogP contribution >= 0.6 is 35.3 Å². The van der Waals surface area contributed by atoms with Crippen LogP contribution in [0.1, 0.15) is 69.7 Å². The summed E-state index contributed by atoms with van der Waals surface area (Å²) in [6, 6.07) is 0. The molecule has 1 aromatic heterocycles. The van der Waals surface area contributed by atoms with Crippen LogP contribution in [0.5, 0.6) is 0 Å². The first-order chi connectivity index (χ1) is 12.0. The largest absolute Gasteiger partial charge is 0.375 e. The Bertz CT molecular complexity index is 557. The van der Waals surface area contributed by atoms with E-state index in [1.807, 2.05) is 6.92 Å². The molecule has 0 radical (unpaired) electrons. The van der Waals surface area contributed by atoms with Gasteiger partial charge in [-0.25, -0.2) is 4.98 Å². The smallest absolute Gasteiger partial charge is 0.194 e. The molecule has 0 bridgehead atoms. The molecule has 1 N–H and O–H groups in total. The standard InChI is InChI=1S/C19H34N4OS.HI/c1-6-19(10-8-9-11-19)14-21-18(20-7-2)23(4)12-16-13-25-17(22-16)15(3)24-5;/h13,15H,6-12,14H2,1-5H3,(H,20,21);1H. The number of hydrogen-bond donors (Lipinski definition) is 1. The average Bonchev–Trinajstić information content (AvgIpc) is 3.28. The van der Waals surface area contributed by atoms with Gasteiger partial charge in [0.05, 0.1) is 12.2 Å². The predicted molar refractivity (Wildman–Crippen MR) is 122 cm³/mol. The molecule has 150 valence electrons. The van der Waals surface area contributed by atoms with Gasteiger partial charge in [-0.2, -0.15) is 0 Å². The Kier molecular flexibility index (Phi) is 10.4. The average molecular weight is 494 g/mol. The second-order valence-electron chi connectivity index (χ2n) is 7.14. The Morgan fingerprint density at radius 2 is 2.12 bits per heavy atom. The molecule has 1 saturated carbocycles. The van der Waals surface area contributed by atoms with Crippen LogP contribution in [0, 0.1) is 5.41 Å². The molecule has 1 aliphatic rings. The first kappa shape index (κ1) is 23.6. The second kappa shape index (κ2) is 11.4. The first-order valence-corrected chi connectivity index (χ1v) is 10.4. The molecular weight excluding hydrogens is 459 g/mol. The van der Waals surface area contributed by atoms with E-state index in [2.05, 4.69) is 36.5 Å². The van der Waals surface area contributed by atoms with E-state index in [-0.39, 0.29) is 30.1 Å². The number of nitrogens with one attached hydrogen (secondary N) is 1. The van der Waals surface area contributed by atoms with Crippen molar-refractivity contribution in [2.75, 3.05) is 27.2 Å². The van der Waals surface area contributed by atoms with E-state index < -0.39 is 0 Å². The summed E-state index contributed by atoms with van der Waals surface area (Å²) in [6.45, 7) is 9.03. The Morgan fingerprint density at radius 3 is 2.69 bits per heavy atom. The Balaban J connectivity index is 0.00000338. The summed E-state index contributed by atoms with van der Waals surface area (Å²) in [5.41, 5.74) is 1.49. The number of nitrogens with zero attached hydrogens (tertiary/aromatic N) is 3. The van der Waals surface area contributed by atoms with Gasteiger partial charge in [-0.15, -0.1) is 35.3 Å². The first-order valence-electron chi connectivity index (χ1n) is 9.50. The van der Waals surface area contributed by atoms with Crippen LogP contribution in [-0.4, -0.2) is 43.1 Å². The molecule has 5 nitrogen and oxygen atoms in total. The maximum Gasteiger partial charge on any atom is 0.194 e. The molecule has 26 heavy (non-hydrogen) atoms. The fourth-order valence-electron chi connectivity index (χ4n) is 3.46. The summed E-state index contributed by atoms with van der Waals surface area (Å²) in [5.74, 6) is 0.983. The van der Waals surface area contributed by atoms with Crippen LogP contribution in [0.4, 0.5) is 0 Å². The van der Waals surface area contributed by atoms with Gasteiger partial charge >= 0.3 is 0 Å². The quantitative estimate of drug-likeness (QED) is 0.319. The van der Waals surface area contributed by atoms with Crippen LogP contribution in [0.25, 0.3) is 0 Å². The third-order valence-electron chi connectivity index (χ3n) is 5.34. The van der Waals surface area contributed by atoms with Crippen molar-refractivity contribution >= 4 is 41.3 Å². The Morgan fingerprint density at radius 1 is 1.42 bits per heavy atom. The number of hydrogen-bond acceptors (Lipinski definition) is 4.